The third-order valence-electron chi connectivity index (χ3n) is 2.34. The molecule has 0 saturated heterocycles. The molecule has 1 aromatic carbocycles. The predicted octanol–water partition coefficient (Wildman–Crippen LogP) is 0.756. The Balaban J connectivity index is 0.00000225. The molecule has 0 aromatic heterocycles. The quantitative estimate of drug-likeness (QED) is 0.575. The average molecular weight is 216 g/mol. The fraction of sp³-hybridized carbons (Fsp3) is 0.273. The molecule has 0 heterocycles. The van der Waals surface area contributed by atoms with E-state index >= 15 is 0 Å². The Bertz CT molecular complexity index is 361. The van der Waals surface area contributed by atoms with Gasteiger partial charge in [-0.1, -0.05) is 30.3 Å². The van der Waals surface area contributed by atoms with Crippen LogP contribution in [0.1, 0.15) is 12.5 Å². The summed E-state index contributed by atoms with van der Waals surface area (Å²) in [5.41, 5.74) is -1.06. The molecule has 4 nitrogen and oxygen atoms in total. The Kier molecular flexibility index (Phi) is 5.29. The van der Waals surface area contributed by atoms with Gasteiger partial charge in [-0.15, -0.1) is 0 Å². The van der Waals surface area contributed by atoms with Gasteiger partial charge in [0, 0.05) is 0 Å². The second-order valence-electron chi connectivity index (χ2n) is 3.60. The Morgan fingerprint density at radius 1 is 1.12 bits per heavy atom. The van der Waals surface area contributed by atoms with Crippen LogP contribution < -0.4 is 0 Å². The number of carboxylic acids is 2. The van der Waals surface area contributed by atoms with Gasteiger partial charge in [-0.05, 0) is 18.9 Å². The monoisotopic (exact) mass is 216 g/mol. The van der Waals surface area contributed by atoms with E-state index in [4.69, 9.17) is 10.2 Å². The fourth-order valence-electron chi connectivity index (χ4n) is 1.25. The molecule has 0 atom stereocenters. The average Bonchev–Trinajstić information content (AvgIpc) is 2.18. The van der Waals surface area contributed by atoms with Crippen molar-refractivity contribution in [3.63, 3.8) is 0 Å². The van der Waals surface area contributed by atoms with Gasteiger partial charge < -0.3 is 10.2 Å². The van der Waals surface area contributed by atoms with Gasteiger partial charge in [-0.25, -0.2) is 0 Å². The normalized spacial score (nSPS) is 10.3. The van der Waals surface area contributed by atoms with Gasteiger partial charge in [0.15, 0.2) is 5.41 Å². The summed E-state index contributed by atoms with van der Waals surface area (Å²) in [6.07, 6.45) is -0.0154. The number of hydrogen-bond acceptors (Lipinski definition) is 2. The molecule has 0 amide bonds. The van der Waals surface area contributed by atoms with E-state index in [1.54, 1.807) is 30.3 Å². The van der Waals surface area contributed by atoms with Crippen molar-refractivity contribution >= 4 is 30.8 Å². The fourth-order valence-corrected chi connectivity index (χ4v) is 1.25. The van der Waals surface area contributed by atoms with E-state index in [0.717, 1.165) is 0 Å². The molecule has 0 bridgehead atoms. The van der Waals surface area contributed by atoms with Gasteiger partial charge in [-0.2, -0.15) is 0 Å². The van der Waals surface area contributed by atoms with Crippen LogP contribution in [0.4, 0.5) is 0 Å². The summed E-state index contributed by atoms with van der Waals surface area (Å²) in [5.74, 6) is -2.64. The Labute approximate surface area is 105 Å². The van der Waals surface area contributed by atoms with E-state index in [1.807, 2.05) is 0 Å². The summed E-state index contributed by atoms with van der Waals surface area (Å²) >= 11 is 0. The number of carboxylic acid groups (broad SMARTS) is 2. The second-order valence-corrected chi connectivity index (χ2v) is 3.60. The van der Waals surface area contributed by atoms with Crippen molar-refractivity contribution in [3.8, 4) is 0 Å². The van der Waals surface area contributed by atoms with Crippen molar-refractivity contribution in [2.75, 3.05) is 0 Å². The van der Waals surface area contributed by atoms with Gasteiger partial charge in [-0.3, -0.25) is 9.59 Å². The molecule has 0 spiro atoms. The first-order chi connectivity index (χ1) is 6.97. The summed E-state index contributed by atoms with van der Waals surface area (Å²) < 4.78 is 0. The van der Waals surface area contributed by atoms with Gasteiger partial charge >= 0.3 is 30.8 Å². The van der Waals surface area contributed by atoms with Crippen LogP contribution in [0.2, 0.25) is 0 Å². The third kappa shape index (κ3) is 3.12. The van der Waals surface area contributed by atoms with Crippen molar-refractivity contribution in [2.24, 2.45) is 5.41 Å². The molecule has 0 aliphatic heterocycles. The summed E-state index contributed by atoms with van der Waals surface area (Å²) in [5, 5.41) is 17.8. The zero-order valence-corrected chi connectivity index (χ0v) is 8.30. The summed E-state index contributed by atoms with van der Waals surface area (Å²) in [6.45, 7) is 1.21. The molecule has 0 unspecified atom stereocenters. The summed E-state index contributed by atoms with van der Waals surface area (Å²) in [4.78, 5) is 21.8. The molecular weight excluding hydrogens is 203 g/mol. The molecule has 16 heavy (non-hydrogen) atoms. The van der Waals surface area contributed by atoms with Crippen molar-refractivity contribution in [3.05, 3.63) is 35.9 Å². The van der Waals surface area contributed by atoms with Gasteiger partial charge in [0.25, 0.3) is 0 Å². The maximum absolute atomic E-state index is 10.9. The Hall–Kier alpha value is -1.24. The van der Waals surface area contributed by atoms with Crippen LogP contribution in [0.15, 0.2) is 30.3 Å². The third-order valence-corrected chi connectivity index (χ3v) is 2.34. The summed E-state index contributed by atoms with van der Waals surface area (Å²) in [7, 11) is 0. The molecule has 5 heteroatoms. The number of hydrogen-bond donors (Lipinski definition) is 2. The van der Waals surface area contributed by atoms with Crippen molar-refractivity contribution in [1.82, 2.24) is 0 Å². The van der Waals surface area contributed by atoms with Crippen LogP contribution in [0.5, 0.6) is 0 Å². The first kappa shape index (κ1) is 14.8. The Morgan fingerprint density at radius 3 is 1.94 bits per heavy atom. The van der Waals surface area contributed by atoms with Crippen LogP contribution in [0.25, 0.3) is 0 Å². The minimum absolute atomic E-state index is 0. The molecule has 0 saturated carbocycles. The summed E-state index contributed by atoms with van der Waals surface area (Å²) in [6, 6.07) is 8.72. The SMILES string of the molecule is CC(Cc1ccccc1)(C(=O)O)C(=O)O.[LiH]. The van der Waals surface area contributed by atoms with Crippen molar-refractivity contribution in [2.45, 2.75) is 13.3 Å². The van der Waals surface area contributed by atoms with E-state index < -0.39 is 17.4 Å². The Morgan fingerprint density at radius 2 is 1.56 bits per heavy atom. The van der Waals surface area contributed by atoms with Crippen molar-refractivity contribution in [1.29, 1.82) is 0 Å². The van der Waals surface area contributed by atoms with E-state index in [2.05, 4.69) is 0 Å². The molecule has 0 aliphatic carbocycles. The maximum atomic E-state index is 10.9. The van der Waals surface area contributed by atoms with E-state index in [-0.39, 0.29) is 25.3 Å². The van der Waals surface area contributed by atoms with E-state index in [9.17, 15) is 9.59 Å². The van der Waals surface area contributed by atoms with Gasteiger partial charge in [0.05, 0.1) is 0 Å². The second kappa shape index (κ2) is 5.74. The zero-order valence-electron chi connectivity index (χ0n) is 8.30. The van der Waals surface area contributed by atoms with Crippen LogP contribution in [-0.2, 0) is 16.0 Å². The number of rotatable bonds is 4. The number of carbonyl (C=O) groups is 2. The van der Waals surface area contributed by atoms with E-state index in [0.29, 0.717) is 5.56 Å². The molecule has 2 N–H and O–H groups in total. The predicted molar refractivity (Wildman–Crippen MR) is 60.7 cm³/mol. The minimum atomic E-state index is -1.76. The number of aliphatic carboxylic acids is 2. The molecule has 0 radical (unpaired) electrons. The van der Waals surface area contributed by atoms with Crippen LogP contribution in [0.3, 0.4) is 0 Å². The standard InChI is InChI=1S/C11H12O4.Li.H/c1-11(9(12)13,10(14)15)7-8-5-3-2-4-6-8;;/h2-6H,7H2,1H3,(H,12,13)(H,14,15);;. The molecule has 0 aliphatic rings. The van der Waals surface area contributed by atoms with Gasteiger partial charge in [0.2, 0.25) is 0 Å². The van der Waals surface area contributed by atoms with Gasteiger partial charge in [0.1, 0.15) is 0 Å². The number of benzene rings is 1. The first-order valence-electron chi connectivity index (χ1n) is 4.47. The van der Waals surface area contributed by atoms with Crippen LogP contribution in [0, 0.1) is 5.41 Å². The van der Waals surface area contributed by atoms with Crippen LogP contribution >= 0.6 is 0 Å². The molecule has 82 valence electrons. The molecule has 1 aromatic rings. The zero-order chi connectivity index (χ0) is 11.5. The molecular formula is C11H13LiO4. The topological polar surface area (TPSA) is 74.6 Å². The first-order valence-corrected chi connectivity index (χ1v) is 4.47. The molecule has 0 fully saturated rings. The van der Waals surface area contributed by atoms with Crippen molar-refractivity contribution < 1.29 is 19.8 Å². The molecule has 1 rings (SSSR count). The van der Waals surface area contributed by atoms with E-state index in [1.165, 1.54) is 6.92 Å². The van der Waals surface area contributed by atoms with Crippen LogP contribution in [-0.4, -0.2) is 41.0 Å².